The highest BCUT2D eigenvalue weighted by molar-refractivity contribution is 5.85. The highest BCUT2D eigenvalue weighted by Gasteiger charge is 2.45. The molecule has 0 aliphatic heterocycles. The van der Waals surface area contributed by atoms with Gasteiger partial charge in [-0.15, -0.1) is 0 Å². The lowest BCUT2D eigenvalue weighted by molar-refractivity contribution is 0.408. The number of benzene rings is 1. The predicted molar refractivity (Wildman–Crippen MR) is 64.0 cm³/mol. The monoisotopic (exact) mass is 227 g/mol. The number of nitrogens with zero attached hydrogens (tertiary/aromatic N) is 1. The maximum Gasteiger partial charge on any atom is 0.176 e. The molecule has 1 aromatic carbocycles. The zero-order valence-corrected chi connectivity index (χ0v) is 9.91. The van der Waals surface area contributed by atoms with Crippen molar-refractivity contribution < 1.29 is 9.15 Å². The smallest absolute Gasteiger partial charge is 0.176 e. The second-order valence-corrected chi connectivity index (χ2v) is 4.65. The summed E-state index contributed by atoms with van der Waals surface area (Å²) in [4.78, 5) is 0. The third-order valence-electron chi connectivity index (χ3n) is 3.44. The molecule has 0 spiro atoms. The number of nitriles is 1. The van der Waals surface area contributed by atoms with Crippen LogP contribution in [-0.4, -0.2) is 7.11 Å². The van der Waals surface area contributed by atoms with Crippen molar-refractivity contribution >= 4 is 11.0 Å². The fraction of sp³-hybridized carbons (Fsp3) is 0.357. The molecule has 1 aliphatic carbocycles. The minimum Gasteiger partial charge on any atom is -0.493 e. The van der Waals surface area contributed by atoms with E-state index in [0.29, 0.717) is 5.75 Å². The lowest BCUT2D eigenvalue weighted by Crippen LogP contribution is -2.02. The maximum atomic E-state index is 9.24. The van der Waals surface area contributed by atoms with Crippen LogP contribution in [0.15, 0.2) is 22.6 Å². The van der Waals surface area contributed by atoms with Crippen molar-refractivity contribution in [2.75, 3.05) is 7.11 Å². The molecule has 86 valence electrons. The number of hydrogen-bond acceptors (Lipinski definition) is 3. The van der Waals surface area contributed by atoms with Crippen molar-refractivity contribution in [3.63, 3.8) is 0 Å². The van der Waals surface area contributed by atoms with Crippen LogP contribution in [0.25, 0.3) is 11.0 Å². The van der Waals surface area contributed by atoms with Crippen LogP contribution in [0.5, 0.6) is 5.75 Å². The van der Waals surface area contributed by atoms with Crippen molar-refractivity contribution in [1.82, 2.24) is 0 Å². The van der Waals surface area contributed by atoms with Gasteiger partial charge in [-0.05, 0) is 43.5 Å². The van der Waals surface area contributed by atoms with E-state index in [1.54, 1.807) is 7.11 Å². The summed E-state index contributed by atoms with van der Waals surface area (Å²) >= 11 is 0. The van der Waals surface area contributed by atoms with Gasteiger partial charge < -0.3 is 9.15 Å². The normalized spacial score (nSPS) is 16.8. The number of methoxy groups -OCH3 is 1. The van der Waals surface area contributed by atoms with Gasteiger partial charge in [0.05, 0.1) is 18.6 Å². The Kier molecular flexibility index (Phi) is 1.97. The molecular formula is C14H13NO2. The van der Waals surface area contributed by atoms with Gasteiger partial charge in [-0.2, -0.15) is 5.26 Å². The molecule has 0 N–H and O–H groups in total. The minimum atomic E-state index is -0.285. The van der Waals surface area contributed by atoms with E-state index in [-0.39, 0.29) is 5.41 Å². The molecule has 2 aromatic rings. The summed E-state index contributed by atoms with van der Waals surface area (Å²) < 4.78 is 10.9. The Bertz CT molecular complexity index is 629. The van der Waals surface area contributed by atoms with Gasteiger partial charge in [-0.25, -0.2) is 0 Å². The van der Waals surface area contributed by atoms with Gasteiger partial charge in [0.1, 0.15) is 5.76 Å². The van der Waals surface area contributed by atoms with Crippen LogP contribution in [0, 0.1) is 18.3 Å². The van der Waals surface area contributed by atoms with E-state index in [4.69, 9.17) is 9.15 Å². The van der Waals surface area contributed by atoms with E-state index in [2.05, 4.69) is 6.07 Å². The van der Waals surface area contributed by atoms with Crippen molar-refractivity contribution in [2.24, 2.45) is 0 Å². The lowest BCUT2D eigenvalue weighted by Gasteiger charge is -2.08. The van der Waals surface area contributed by atoms with Crippen molar-refractivity contribution in [1.29, 1.82) is 5.26 Å². The Hall–Kier alpha value is -1.95. The van der Waals surface area contributed by atoms with E-state index in [1.165, 1.54) is 0 Å². The Morgan fingerprint density at radius 2 is 2.12 bits per heavy atom. The zero-order valence-electron chi connectivity index (χ0n) is 9.91. The fourth-order valence-corrected chi connectivity index (χ4v) is 2.27. The fourth-order valence-electron chi connectivity index (χ4n) is 2.27. The molecule has 1 aromatic heterocycles. The van der Waals surface area contributed by atoms with Gasteiger partial charge in [0.25, 0.3) is 0 Å². The molecule has 17 heavy (non-hydrogen) atoms. The van der Waals surface area contributed by atoms with E-state index in [0.717, 1.165) is 35.1 Å². The second-order valence-electron chi connectivity index (χ2n) is 4.65. The Balaban J connectivity index is 2.25. The molecule has 3 rings (SSSR count). The van der Waals surface area contributed by atoms with E-state index >= 15 is 0 Å². The first-order valence-electron chi connectivity index (χ1n) is 5.68. The summed E-state index contributed by atoms with van der Waals surface area (Å²) in [6.45, 7) is 1.91. The quantitative estimate of drug-likeness (QED) is 0.790. The van der Waals surface area contributed by atoms with E-state index < -0.39 is 0 Å². The summed E-state index contributed by atoms with van der Waals surface area (Å²) in [5.41, 5.74) is 1.53. The molecular weight excluding hydrogens is 214 g/mol. The number of fused-ring (bicyclic) bond motifs is 1. The van der Waals surface area contributed by atoms with Crippen LogP contribution in [0.4, 0.5) is 0 Å². The summed E-state index contributed by atoms with van der Waals surface area (Å²) in [6.07, 6.45) is 1.88. The Labute approximate surface area is 99.6 Å². The summed E-state index contributed by atoms with van der Waals surface area (Å²) in [5.74, 6) is 1.57. The molecule has 0 saturated heterocycles. The van der Waals surface area contributed by atoms with E-state index in [1.807, 2.05) is 25.1 Å². The largest absolute Gasteiger partial charge is 0.493 e. The molecule has 0 atom stereocenters. The summed E-state index contributed by atoms with van der Waals surface area (Å²) in [6, 6.07) is 8.36. The maximum absolute atomic E-state index is 9.24. The van der Waals surface area contributed by atoms with Crippen molar-refractivity contribution in [2.45, 2.75) is 25.2 Å². The Morgan fingerprint density at radius 1 is 1.35 bits per heavy atom. The topological polar surface area (TPSA) is 46.2 Å². The first-order valence-corrected chi connectivity index (χ1v) is 5.68. The average Bonchev–Trinajstić information content (AvgIpc) is 3.04. The molecule has 0 radical (unpaired) electrons. The second kappa shape index (κ2) is 3.27. The first-order chi connectivity index (χ1) is 8.18. The first kappa shape index (κ1) is 10.2. The molecule has 1 saturated carbocycles. The Morgan fingerprint density at radius 3 is 2.71 bits per heavy atom. The van der Waals surface area contributed by atoms with Gasteiger partial charge >= 0.3 is 0 Å². The summed E-state index contributed by atoms with van der Waals surface area (Å²) in [7, 11) is 1.63. The van der Waals surface area contributed by atoms with E-state index in [9.17, 15) is 5.26 Å². The van der Waals surface area contributed by atoms with Gasteiger partial charge in [0.15, 0.2) is 11.3 Å². The number of hydrogen-bond donors (Lipinski definition) is 0. The van der Waals surface area contributed by atoms with Gasteiger partial charge in [-0.1, -0.05) is 0 Å². The molecule has 1 heterocycles. The van der Waals surface area contributed by atoms with Crippen LogP contribution < -0.4 is 4.74 Å². The molecule has 0 unspecified atom stereocenters. The van der Waals surface area contributed by atoms with Crippen LogP contribution in [0.2, 0.25) is 0 Å². The summed E-state index contributed by atoms with van der Waals surface area (Å²) in [5, 5.41) is 10.2. The molecule has 1 fully saturated rings. The third-order valence-corrected chi connectivity index (χ3v) is 3.44. The molecule has 1 aliphatic rings. The third kappa shape index (κ3) is 1.41. The number of ether oxygens (including phenoxy) is 1. The van der Waals surface area contributed by atoms with Crippen LogP contribution in [0.1, 0.15) is 24.2 Å². The van der Waals surface area contributed by atoms with Crippen molar-refractivity contribution in [3.8, 4) is 11.8 Å². The lowest BCUT2D eigenvalue weighted by atomic mass is 9.96. The predicted octanol–water partition coefficient (Wildman–Crippen LogP) is 3.31. The van der Waals surface area contributed by atoms with Crippen LogP contribution >= 0.6 is 0 Å². The average molecular weight is 227 g/mol. The highest BCUT2D eigenvalue weighted by atomic mass is 16.5. The van der Waals surface area contributed by atoms with Crippen LogP contribution in [-0.2, 0) is 5.41 Å². The SMILES string of the molecule is COc1cc(C2(C#N)CC2)cc2cc(C)oc12. The molecule has 0 amide bonds. The number of rotatable bonds is 2. The molecule has 0 bridgehead atoms. The minimum absolute atomic E-state index is 0.285. The van der Waals surface area contributed by atoms with Gasteiger partial charge in [0.2, 0.25) is 0 Å². The van der Waals surface area contributed by atoms with Gasteiger partial charge in [-0.3, -0.25) is 0 Å². The standard InChI is InChI=1S/C14H13NO2/c1-9-5-10-6-11(14(8-15)3-4-14)7-12(16-2)13(10)17-9/h5-7H,3-4H2,1-2H3. The molecule has 3 nitrogen and oxygen atoms in total. The number of furan rings is 1. The van der Waals surface area contributed by atoms with Gasteiger partial charge in [0, 0.05) is 5.39 Å². The zero-order chi connectivity index (χ0) is 12.0. The number of aryl methyl sites for hydroxylation is 1. The molecule has 3 heteroatoms. The van der Waals surface area contributed by atoms with Crippen molar-refractivity contribution in [3.05, 3.63) is 29.5 Å². The highest BCUT2D eigenvalue weighted by Crippen LogP contribution is 2.49. The van der Waals surface area contributed by atoms with Crippen LogP contribution in [0.3, 0.4) is 0 Å².